The number of likely N-dealkylation sites (tertiary alicyclic amines) is 1. The first-order valence-corrected chi connectivity index (χ1v) is 9.00. The van der Waals surface area contributed by atoms with Crippen LogP contribution in [-0.2, 0) is 6.42 Å². The van der Waals surface area contributed by atoms with Crippen molar-refractivity contribution in [2.75, 3.05) is 39.3 Å². The molecule has 0 unspecified atom stereocenters. The Balaban J connectivity index is 0.00000288. The van der Waals surface area contributed by atoms with Gasteiger partial charge in [0.05, 0.1) is 6.54 Å². The molecule has 0 aliphatic carbocycles. The summed E-state index contributed by atoms with van der Waals surface area (Å²) in [5.41, 5.74) is 1.17. The number of hydrogen-bond acceptors (Lipinski definition) is 3. The Bertz CT molecular complexity index is 474. The van der Waals surface area contributed by atoms with Gasteiger partial charge in [0.15, 0.2) is 5.96 Å². The second kappa shape index (κ2) is 12.7. The van der Waals surface area contributed by atoms with Gasteiger partial charge >= 0.3 is 0 Å². The Morgan fingerprint density at radius 2 is 2.04 bits per heavy atom. The lowest BCUT2D eigenvalue weighted by atomic mass is 10.1. The maximum atomic E-state index is 5.80. The monoisotopic (exact) mass is 465 g/mol. The van der Waals surface area contributed by atoms with Gasteiger partial charge in [0.2, 0.25) is 0 Å². The van der Waals surface area contributed by atoms with Crippen molar-refractivity contribution < 1.29 is 0 Å². The average Bonchev–Trinajstić information content (AvgIpc) is 2.58. The van der Waals surface area contributed by atoms with E-state index >= 15 is 0 Å². The van der Waals surface area contributed by atoms with E-state index in [-0.39, 0.29) is 24.0 Å². The second-order valence-electron chi connectivity index (χ2n) is 5.83. The van der Waals surface area contributed by atoms with Gasteiger partial charge in [-0.3, -0.25) is 4.99 Å². The largest absolute Gasteiger partial charge is 0.357 e. The summed E-state index contributed by atoms with van der Waals surface area (Å²) in [6, 6.07) is 3.84. The van der Waals surface area contributed by atoms with Crippen LogP contribution in [-0.4, -0.2) is 55.1 Å². The molecule has 0 amide bonds. The van der Waals surface area contributed by atoms with E-state index in [2.05, 4.69) is 32.4 Å². The van der Waals surface area contributed by atoms with Gasteiger partial charge in [-0.2, -0.15) is 0 Å². The molecule has 1 fully saturated rings. The van der Waals surface area contributed by atoms with Crippen molar-refractivity contribution >= 4 is 41.5 Å². The van der Waals surface area contributed by atoms with Crippen LogP contribution in [0.5, 0.6) is 0 Å². The summed E-state index contributed by atoms with van der Waals surface area (Å²) in [7, 11) is 0. The van der Waals surface area contributed by atoms with Gasteiger partial charge in [-0.05, 0) is 50.9 Å². The van der Waals surface area contributed by atoms with E-state index in [1.54, 1.807) is 0 Å². The first-order valence-electron chi connectivity index (χ1n) is 8.63. The Hall–Kier alpha value is -0.600. The molecule has 1 aliphatic heterocycles. The number of aliphatic imine (C=N–C) groups is 1. The van der Waals surface area contributed by atoms with E-state index in [9.17, 15) is 0 Å². The van der Waals surface area contributed by atoms with Crippen molar-refractivity contribution in [2.24, 2.45) is 4.99 Å². The van der Waals surface area contributed by atoms with E-state index in [4.69, 9.17) is 11.6 Å². The highest BCUT2D eigenvalue weighted by molar-refractivity contribution is 14.0. The predicted octanol–water partition coefficient (Wildman–Crippen LogP) is 2.94. The van der Waals surface area contributed by atoms with Crippen molar-refractivity contribution in [1.29, 1.82) is 0 Å². The van der Waals surface area contributed by atoms with Crippen LogP contribution in [0.2, 0.25) is 5.15 Å². The van der Waals surface area contributed by atoms with Gasteiger partial charge < -0.3 is 15.5 Å². The third-order valence-corrected chi connectivity index (χ3v) is 4.20. The molecule has 1 saturated heterocycles. The normalized spacial score (nSPS) is 15.7. The number of nitrogens with one attached hydrogen (secondary N) is 2. The van der Waals surface area contributed by atoms with Gasteiger partial charge in [0.1, 0.15) is 5.15 Å². The Morgan fingerprint density at radius 1 is 1.25 bits per heavy atom. The van der Waals surface area contributed by atoms with Gasteiger partial charge in [-0.1, -0.05) is 24.1 Å². The Kier molecular flexibility index (Phi) is 11.4. The quantitative estimate of drug-likeness (QED) is 0.281. The number of pyridine rings is 1. The standard InChI is InChI=1S/C17H28ClN5.HI/c1-2-19-17(21-10-13-23-11-4-3-5-12-23)20-9-8-15-6-7-16(18)22-14-15;/h6-7,14H,2-5,8-13H2,1H3,(H2,19,20,21);1H. The van der Waals surface area contributed by atoms with Crippen LogP contribution in [0.4, 0.5) is 0 Å². The number of rotatable bonds is 7. The van der Waals surface area contributed by atoms with Crippen molar-refractivity contribution in [1.82, 2.24) is 20.5 Å². The minimum absolute atomic E-state index is 0. The van der Waals surface area contributed by atoms with E-state index in [0.717, 1.165) is 38.6 Å². The van der Waals surface area contributed by atoms with Crippen molar-refractivity contribution in [2.45, 2.75) is 32.6 Å². The van der Waals surface area contributed by atoms with E-state index in [1.807, 2.05) is 18.3 Å². The first kappa shape index (κ1) is 21.4. The zero-order valence-electron chi connectivity index (χ0n) is 14.4. The molecule has 0 bridgehead atoms. The molecule has 24 heavy (non-hydrogen) atoms. The lowest BCUT2D eigenvalue weighted by Crippen LogP contribution is -2.39. The number of aromatic nitrogens is 1. The fourth-order valence-corrected chi connectivity index (χ4v) is 2.82. The molecule has 0 atom stereocenters. The maximum absolute atomic E-state index is 5.80. The van der Waals surface area contributed by atoms with Crippen LogP contribution in [0.15, 0.2) is 23.3 Å². The summed E-state index contributed by atoms with van der Waals surface area (Å²) in [5.74, 6) is 0.895. The third kappa shape index (κ3) is 8.48. The number of halogens is 2. The van der Waals surface area contributed by atoms with Gasteiger partial charge in [-0.25, -0.2) is 4.98 Å². The molecule has 0 saturated carbocycles. The molecule has 2 heterocycles. The molecule has 5 nitrogen and oxygen atoms in total. The van der Waals surface area contributed by atoms with Crippen LogP contribution in [0.3, 0.4) is 0 Å². The van der Waals surface area contributed by atoms with Crippen LogP contribution < -0.4 is 10.6 Å². The molecule has 0 aromatic carbocycles. The van der Waals surface area contributed by atoms with Crippen LogP contribution in [0.25, 0.3) is 0 Å². The molecular formula is C17H29ClIN5. The molecule has 7 heteroatoms. The first-order chi connectivity index (χ1) is 11.3. The summed E-state index contributed by atoms with van der Waals surface area (Å²) in [6.45, 7) is 8.14. The number of nitrogens with zero attached hydrogens (tertiary/aromatic N) is 3. The van der Waals surface area contributed by atoms with Crippen LogP contribution >= 0.6 is 35.6 Å². The summed E-state index contributed by atoms with van der Waals surface area (Å²) in [4.78, 5) is 11.3. The molecule has 0 spiro atoms. The number of piperidine rings is 1. The summed E-state index contributed by atoms with van der Waals surface area (Å²) >= 11 is 5.80. The van der Waals surface area contributed by atoms with Gasteiger partial charge in [0.25, 0.3) is 0 Å². The smallest absolute Gasteiger partial charge is 0.191 e. The average molecular weight is 466 g/mol. The molecule has 2 rings (SSSR count). The van der Waals surface area contributed by atoms with Gasteiger partial charge in [0, 0.05) is 25.8 Å². The van der Waals surface area contributed by atoms with E-state index in [1.165, 1.54) is 37.9 Å². The van der Waals surface area contributed by atoms with Crippen molar-refractivity contribution in [3.05, 3.63) is 29.0 Å². The lowest BCUT2D eigenvalue weighted by molar-refractivity contribution is 0.235. The molecule has 1 aromatic heterocycles. The van der Waals surface area contributed by atoms with Crippen molar-refractivity contribution in [3.8, 4) is 0 Å². The molecular weight excluding hydrogens is 437 g/mol. The van der Waals surface area contributed by atoms with Crippen LogP contribution in [0.1, 0.15) is 31.7 Å². The molecule has 0 radical (unpaired) electrons. The fraction of sp³-hybridized carbons (Fsp3) is 0.647. The maximum Gasteiger partial charge on any atom is 0.191 e. The third-order valence-electron chi connectivity index (χ3n) is 3.97. The summed E-state index contributed by atoms with van der Waals surface area (Å²) < 4.78 is 0. The zero-order valence-corrected chi connectivity index (χ0v) is 17.5. The zero-order chi connectivity index (χ0) is 16.3. The predicted molar refractivity (Wildman–Crippen MR) is 113 cm³/mol. The molecule has 1 aliphatic rings. The summed E-state index contributed by atoms with van der Waals surface area (Å²) in [5, 5.41) is 7.22. The van der Waals surface area contributed by atoms with Crippen molar-refractivity contribution in [3.63, 3.8) is 0 Å². The second-order valence-corrected chi connectivity index (χ2v) is 6.22. The highest BCUT2D eigenvalue weighted by Gasteiger charge is 2.08. The molecule has 1 aromatic rings. The lowest BCUT2D eigenvalue weighted by Gasteiger charge is -2.25. The minimum Gasteiger partial charge on any atom is -0.357 e. The summed E-state index contributed by atoms with van der Waals surface area (Å²) in [6.07, 6.45) is 6.77. The van der Waals surface area contributed by atoms with E-state index in [0.29, 0.717) is 5.15 Å². The highest BCUT2D eigenvalue weighted by Crippen LogP contribution is 2.07. The number of hydrogen-bond donors (Lipinski definition) is 2. The molecule has 2 N–H and O–H groups in total. The van der Waals surface area contributed by atoms with Gasteiger partial charge in [-0.15, -0.1) is 24.0 Å². The fourth-order valence-electron chi connectivity index (χ4n) is 2.71. The van der Waals surface area contributed by atoms with Crippen LogP contribution in [0, 0.1) is 0 Å². The minimum atomic E-state index is 0. The highest BCUT2D eigenvalue weighted by atomic mass is 127. The Labute approximate surface area is 167 Å². The topological polar surface area (TPSA) is 52.6 Å². The molecule has 136 valence electrons. The SMILES string of the molecule is CCNC(=NCCN1CCCCC1)NCCc1ccc(Cl)nc1.I. The van der Waals surface area contributed by atoms with E-state index < -0.39 is 0 Å². The Morgan fingerprint density at radius 3 is 2.71 bits per heavy atom. The number of guanidine groups is 1.